The van der Waals surface area contributed by atoms with Gasteiger partial charge in [0.2, 0.25) is 5.91 Å². The number of nitrogens with one attached hydrogen (secondary N) is 1. The number of anilines is 1. The van der Waals surface area contributed by atoms with Crippen LogP contribution < -0.4 is 5.32 Å². The summed E-state index contributed by atoms with van der Waals surface area (Å²) in [5.74, 6) is -1.36. The third-order valence-corrected chi connectivity index (χ3v) is 4.80. The molecule has 0 unspecified atom stereocenters. The summed E-state index contributed by atoms with van der Waals surface area (Å²) in [4.78, 5) is 38.4. The van der Waals surface area contributed by atoms with Gasteiger partial charge in [-0.3, -0.25) is 14.4 Å². The van der Waals surface area contributed by atoms with Crippen LogP contribution in [0.15, 0.2) is 47.6 Å². The number of carbonyl (C=O) groups is 3. The number of amides is 3. The molecule has 0 radical (unpaired) electrons. The maximum atomic E-state index is 13.1. The molecule has 0 fully saturated rings. The monoisotopic (exact) mass is 430 g/mol. The summed E-state index contributed by atoms with van der Waals surface area (Å²) >= 11 is 6.09. The van der Waals surface area contributed by atoms with Crippen molar-refractivity contribution in [2.24, 2.45) is 5.10 Å². The van der Waals surface area contributed by atoms with Gasteiger partial charge in [0.25, 0.3) is 11.8 Å². The second-order valence-electron chi connectivity index (χ2n) is 6.97. The van der Waals surface area contributed by atoms with Crippen molar-refractivity contribution in [2.75, 3.05) is 19.4 Å². The van der Waals surface area contributed by atoms with Crippen LogP contribution in [0.4, 0.5) is 10.1 Å². The van der Waals surface area contributed by atoms with Crippen LogP contribution in [-0.4, -0.2) is 47.4 Å². The molecule has 1 aliphatic rings. The second kappa shape index (κ2) is 9.04. The Morgan fingerprint density at radius 2 is 1.87 bits per heavy atom. The van der Waals surface area contributed by atoms with E-state index in [0.29, 0.717) is 11.3 Å². The van der Waals surface area contributed by atoms with Crippen LogP contribution in [-0.2, 0) is 16.1 Å². The summed E-state index contributed by atoms with van der Waals surface area (Å²) in [5.41, 5.74) is 1.53. The van der Waals surface area contributed by atoms with E-state index in [4.69, 9.17) is 11.6 Å². The summed E-state index contributed by atoms with van der Waals surface area (Å²) in [6.45, 7) is 0.137. The van der Waals surface area contributed by atoms with Gasteiger partial charge >= 0.3 is 0 Å². The zero-order valence-corrected chi connectivity index (χ0v) is 17.2. The van der Waals surface area contributed by atoms with Crippen molar-refractivity contribution in [1.82, 2.24) is 9.91 Å². The Kier molecular flexibility index (Phi) is 6.47. The fraction of sp³-hybridized carbons (Fsp3) is 0.238. The first kappa shape index (κ1) is 21.4. The number of hydrazone groups is 1. The lowest BCUT2D eigenvalue weighted by molar-refractivity contribution is -0.132. The van der Waals surface area contributed by atoms with E-state index in [2.05, 4.69) is 10.4 Å². The minimum Gasteiger partial charge on any atom is -0.345 e. The van der Waals surface area contributed by atoms with Crippen LogP contribution in [0.1, 0.15) is 28.8 Å². The Hall–Kier alpha value is -3.26. The molecule has 0 bridgehead atoms. The number of nitrogens with zero attached hydrogens (tertiary/aromatic N) is 3. The highest BCUT2D eigenvalue weighted by Crippen LogP contribution is 2.22. The van der Waals surface area contributed by atoms with Crippen LogP contribution in [0.3, 0.4) is 0 Å². The highest BCUT2D eigenvalue weighted by atomic mass is 35.5. The van der Waals surface area contributed by atoms with Crippen LogP contribution in [0.2, 0.25) is 5.02 Å². The van der Waals surface area contributed by atoms with E-state index in [-0.39, 0.29) is 53.3 Å². The van der Waals surface area contributed by atoms with E-state index in [1.54, 1.807) is 32.3 Å². The molecule has 0 saturated carbocycles. The average molecular weight is 431 g/mol. The number of halogens is 2. The van der Waals surface area contributed by atoms with Gasteiger partial charge in [-0.1, -0.05) is 23.7 Å². The Balaban J connectivity index is 1.76. The van der Waals surface area contributed by atoms with Crippen molar-refractivity contribution in [3.8, 4) is 0 Å². The van der Waals surface area contributed by atoms with Gasteiger partial charge in [-0.25, -0.2) is 9.40 Å². The van der Waals surface area contributed by atoms with E-state index in [0.717, 1.165) is 0 Å². The second-order valence-corrected chi connectivity index (χ2v) is 7.38. The molecule has 1 aliphatic heterocycles. The molecule has 0 spiro atoms. The zero-order valence-electron chi connectivity index (χ0n) is 16.5. The number of hydrogen-bond acceptors (Lipinski definition) is 4. The molecule has 1 heterocycles. The standard InChI is InChI=1S/C21H20ClFN4O3/c1-26(2)21(30)16-11-15(7-8-17(16)22)24-20(29)18-9-10-19(28)27(25-18)12-13-3-5-14(23)6-4-13/h3-8,11H,9-10,12H2,1-2H3,(H,24,29). The van der Waals surface area contributed by atoms with E-state index in [1.807, 2.05) is 0 Å². The van der Waals surface area contributed by atoms with Gasteiger partial charge in [0, 0.05) is 32.6 Å². The first-order chi connectivity index (χ1) is 14.2. The van der Waals surface area contributed by atoms with Crippen molar-refractivity contribution in [2.45, 2.75) is 19.4 Å². The fourth-order valence-electron chi connectivity index (χ4n) is 2.86. The Labute approximate surface area is 178 Å². The molecular weight excluding hydrogens is 411 g/mol. The van der Waals surface area contributed by atoms with Crippen molar-refractivity contribution in [3.63, 3.8) is 0 Å². The summed E-state index contributed by atoms with van der Waals surface area (Å²) in [7, 11) is 3.21. The summed E-state index contributed by atoms with van der Waals surface area (Å²) in [6, 6.07) is 10.3. The lowest BCUT2D eigenvalue weighted by atomic mass is 10.1. The number of benzene rings is 2. The highest BCUT2D eigenvalue weighted by Gasteiger charge is 2.25. The van der Waals surface area contributed by atoms with E-state index >= 15 is 0 Å². The number of hydrogen-bond donors (Lipinski definition) is 1. The number of carbonyl (C=O) groups excluding carboxylic acids is 3. The lowest BCUT2D eigenvalue weighted by Crippen LogP contribution is -2.36. The normalized spacial score (nSPS) is 13.7. The summed E-state index contributed by atoms with van der Waals surface area (Å²) in [6.07, 6.45) is 0.333. The minimum absolute atomic E-state index is 0.137. The van der Waals surface area contributed by atoms with E-state index in [1.165, 1.54) is 34.2 Å². The molecule has 0 aliphatic carbocycles. The van der Waals surface area contributed by atoms with Gasteiger partial charge in [-0.05, 0) is 35.9 Å². The zero-order chi connectivity index (χ0) is 21.8. The van der Waals surface area contributed by atoms with Gasteiger partial charge in [-0.2, -0.15) is 5.10 Å². The Morgan fingerprint density at radius 3 is 2.53 bits per heavy atom. The number of rotatable bonds is 5. The summed E-state index contributed by atoms with van der Waals surface area (Å²) in [5, 5.41) is 8.35. The largest absolute Gasteiger partial charge is 0.345 e. The Morgan fingerprint density at radius 1 is 1.17 bits per heavy atom. The van der Waals surface area contributed by atoms with Crippen LogP contribution in [0, 0.1) is 5.82 Å². The topological polar surface area (TPSA) is 82.1 Å². The van der Waals surface area contributed by atoms with Crippen molar-refractivity contribution in [1.29, 1.82) is 0 Å². The van der Waals surface area contributed by atoms with Gasteiger partial charge in [0.05, 0.1) is 17.1 Å². The first-order valence-electron chi connectivity index (χ1n) is 9.19. The quantitative estimate of drug-likeness (QED) is 0.790. The molecule has 0 aromatic heterocycles. The smallest absolute Gasteiger partial charge is 0.271 e. The van der Waals surface area contributed by atoms with Crippen molar-refractivity contribution in [3.05, 3.63) is 64.4 Å². The average Bonchev–Trinajstić information content (AvgIpc) is 2.72. The van der Waals surface area contributed by atoms with Gasteiger partial charge in [0.1, 0.15) is 11.5 Å². The van der Waals surface area contributed by atoms with Crippen LogP contribution in [0.5, 0.6) is 0 Å². The molecule has 0 saturated heterocycles. The molecule has 3 amide bonds. The van der Waals surface area contributed by atoms with Gasteiger partial charge in [-0.15, -0.1) is 0 Å². The molecular formula is C21H20ClFN4O3. The Bertz CT molecular complexity index is 1020. The molecule has 156 valence electrons. The van der Waals surface area contributed by atoms with Crippen molar-refractivity contribution < 1.29 is 18.8 Å². The van der Waals surface area contributed by atoms with E-state index < -0.39 is 5.91 Å². The molecule has 2 aromatic rings. The van der Waals surface area contributed by atoms with Crippen molar-refractivity contribution >= 4 is 40.7 Å². The third kappa shape index (κ3) is 5.01. The molecule has 30 heavy (non-hydrogen) atoms. The SMILES string of the molecule is CN(C)C(=O)c1cc(NC(=O)C2=NN(Cc3ccc(F)cc3)C(=O)CC2)ccc1Cl. The van der Waals surface area contributed by atoms with Crippen LogP contribution >= 0.6 is 11.6 Å². The third-order valence-electron chi connectivity index (χ3n) is 4.47. The highest BCUT2D eigenvalue weighted by molar-refractivity contribution is 6.43. The molecule has 1 N–H and O–H groups in total. The maximum absolute atomic E-state index is 13.1. The van der Waals surface area contributed by atoms with E-state index in [9.17, 15) is 18.8 Å². The fourth-order valence-corrected chi connectivity index (χ4v) is 3.06. The predicted molar refractivity (Wildman–Crippen MR) is 112 cm³/mol. The summed E-state index contributed by atoms with van der Waals surface area (Å²) < 4.78 is 13.1. The molecule has 3 rings (SSSR count). The lowest BCUT2D eigenvalue weighted by Gasteiger charge is -2.23. The van der Waals surface area contributed by atoms with Gasteiger partial charge in [0.15, 0.2) is 0 Å². The maximum Gasteiger partial charge on any atom is 0.271 e. The minimum atomic E-state index is -0.475. The molecule has 0 atom stereocenters. The van der Waals surface area contributed by atoms with Gasteiger partial charge < -0.3 is 10.2 Å². The molecule has 9 heteroatoms. The molecule has 7 nitrogen and oxygen atoms in total. The van der Waals surface area contributed by atoms with Crippen LogP contribution in [0.25, 0.3) is 0 Å². The first-order valence-corrected chi connectivity index (χ1v) is 9.57. The molecule has 2 aromatic carbocycles. The predicted octanol–water partition coefficient (Wildman–Crippen LogP) is 3.30.